The Morgan fingerprint density at radius 2 is 1.14 bits per heavy atom. The molecule has 2 heteroatoms. The van der Waals surface area contributed by atoms with Crippen LogP contribution in [0.3, 0.4) is 0 Å². The Kier molecular flexibility index (Phi) is 4.56. The van der Waals surface area contributed by atoms with Crippen LogP contribution in [0.25, 0.3) is 0 Å². The monoisotopic (exact) mass is 291 g/mol. The van der Waals surface area contributed by atoms with Gasteiger partial charge in [-0.25, -0.2) is 0 Å². The first-order valence-corrected chi connectivity index (χ1v) is 7.79. The van der Waals surface area contributed by atoms with Gasteiger partial charge in [-0.1, -0.05) is 62.3 Å². The number of hydrogen-bond acceptors (Lipinski definition) is 2. The molecule has 0 spiro atoms. The van der Waals surface area contributed by atoms with E-state index in [1.807, 2.05) is 0 Å². The lowest BCUT2D eigenvalue weighted by Crippen LogP contribution is -2.28. The first-order valence-electron chi connectivity index (χ1n) is 7.79. The highest BCUT2D eigenvalue weighted by atomic mass is 16.3. The lowest BCUT2D eigenvalue weighted by Gasteiger charge is -2.32. The summed E-state index contributed by atoms with van der Waals surface area (Å²) in [6.45, 7) is 19.2. The molecule has 2 nitrogen and oxygen atoms in total. The Labute approximate surface area is 130 Å². The number of phenols is 1. The summed E-state index contributed by atoms with van der Waals surface area (Å²) in [5, 5.41) is 10.7. The number of phenolic OH excluding ortho intramolecular Hbond substituents is 1. The standard InChI is InChI=1S/C19H33NO/c1-17(2,3)13-10-12(16(20)19(7,8)9)11-14(15(13)21)18(4,5)6/h10-11,16,21H,20H2,1-9H3/t16-/m1/s1. The van der Waals surface area contributed by atoms with Crippen LogP contribution in [0.2, 0.25) is 0 Å². The van der Waals surface area contributed by atoms with Crippen LogP contribution >= 0.6 is 0 Å². The molecule has 120 valence electrons. The summed E-state index contributed by atoms with van der Waals surface area (Å²) in [5.74, 6) is 0.417. The molecule has 0 aliphatic heterocycles. The molecule has 0 bridgehead atoms. The molecule has 0 saturated heterocycles. The highest BCUT2D eigenvalue weighted by Gasteiger charge is 2.30. The number of nitrogens with two attached hydrogens (primary N) is 1. The Balaban J connectivity index is 3.63. The van der Waals surface area contributed by atoms with Crippen molar-refractivity contribution in [1.29, 1.82) is 0 Å². The van der Waals surface area contributed by atoms with Crippen LogP contribution in [-0.2, 0) is 10.8 Å². The fourth-order valence-corrected chi connectivity index (χ4v) is 2.48. The van der Waals surface area contributed by atoms with E-state index < -0.39 is 0 Å². The second-order valence-corrected chi connectivity index (χ2v) is 9.31. The molecule has 1 rings (SSSR count). The van der Waals surface area contributed by atoms with Gasteiger partial charge < -0.3 is 10.8 Å². The SMILES string of the molecule is CC(C)(C)c1cc([C@@H](N)C(C)(C)C)cc(C(C)(C)C)c1O. The van der Waals surface area contributed by atoms with E-state index in [-0.39, 0.29) is 22.3 Å². The van der Waals surface area contributed by atoms with Gasteiger partial charge in [0.1, 0.15) is 5.75 Å². The third kappa shape index (κ3) is 4.00. The fraction of sp³-hybridized carbons (Fsp3) is 0.684. The topological polar surface area (TPSA) is 46.2 Å². The molecule has 0 saturated carbocycles. The summed E-state index contributed by atoms with van der Waals surface area (Å²) in [7, 11) is 0. The highest BCUT2D eigenvalue weighted by molar-refractivity contribution is 5.50. The van der Waals surface area contributed by atoms with Crippen molar-refractivity contribution in [2.75, 3.05) is 0 Å². The van der Waals surface area contributed by atoms with Crippen molar-refractivity contribution < 1.29 is 5.11 Å². The Hall–Kier alpha value is -1.02. The average molecular weight is 291 g/mol. The number of rotatable bonds is 1. The second kappa shape index (κ2) is 5.31. The molecule has 0 unspecified atom stereocenters. The van der Waals surface area contributed by atoms with E-state index in [0.717, 1.165) is 16.7 Å². The molecule has 0 heterocycles. The molecule has 0 aliphatic carbocycles. The smallest absolute Gasteiger partial charge is 0.123 e. The van der Waals surface area contributed by atoms with Crippen LogP contribution in [0.5, 0.6) is 5.75 Å². The third-order valence-corrected chi connectivity index (χ3v) is 4.04. The molecule has 1 atom stereocenters. The van der Waals surface area contributed by atoms with Gasteiger partial charge in [0.15, 0.2) is 0 Å². The predicted octanol–water partition coefficient (Wildman–Crippen LogP) is 5.03. The zero-order valence-corrected chi connectivity index (χ0v) is 15.3. The van der Waals surface area contributed by atoms with Crippen molar-refractivity contribution in [3.05, 3.63) is 28.8 Å². The summed E-state index contributed by atoms with van der Waals surface area (Å²) in [5.41, 5.74) is 9.29. The lowest BCUT2D eigenvalue weighted by atomic mass is 9.75. The van der Waals surface area contributed by atoms with Crippen LogP contribution in [0.15, 0.2) is 12.1 Å². The molecule has 0 radical (unpaired) electrons. The summed E-state index contributed by atoms with van der Waals surface area (Å²) >= 11 is 0. The van der Waals surface area contributed by atoms with Crippen LogP contribution in [0, 0.1) is 5.41 Å². The molecular formula is C19H33NO. The van der Waals surface area contributed by atoms with Crippen molar-refractivity contribution in [3.8, 4) is 5.75 Å². The van der Waals surface area contributed by atoms with Crippen LogP contribution in [0.4, 0.5) is 0 Å². The van der Waals surface area contributed by atoms with Crippen molar-refractivity contribution in [3.63, 3.8) is 0 Å². The van der Waals surface area contributed by atoms with Gasteiger partial charge in [0, 0.05) is 6.04 Å². The van der Waals surface area contributed by atoms with Crippen LogP contribution in [0.1, 0.15) is 85.0 Å². The van der Waals surface area contributed by atoms with Crippen molar-refractivity contribution in [2.45, 2.75) is 79.2 Å². The van der Waals surface area contributed by atoms with Gasteiger partial charge >= 0.3 is 0 Å². The van der Waals surface area contributed by atoms with E-state index in [1.165, 1.54) is 0 Å². The van der Waals surface area contributed by atoms with E-state index in [9.17, 15) is 5.11 Å². The van der Waals surface area contributed by atoms with Crippen molar-refractivity contribution in [2.24, 2.45) is 11.1 Å². The average Bonchev–Trinajstić information content (AvgIpc) is 2.23. The predicted molar refractivity (Wildman–Crippen MR) is 91.9 cm³/mol. The number of benzene rings is 1. The summed E-state index contributed by atoms with van der Waals surface area (Å²) < 4.78 is 0. The minimum atomic E-state index is -0.113. The zero-order chi connectivity index (χ0) is 16.8. The molecule has 1 aromatic carbocycles. The maximum absolute atomic E-state index is 10.7. The molecule has 3 N–H and O–H groups in total. The Bertz CT molecular complexity index is 475. The van der Waals surface area contributed by atoms with E-state index in [0.29, 0.717) is 5.75 Å². The van der Waals surface area contributed by atoms with E-state index in [2.05, 4.69) is 74.4 Å². The molecule has 0 fully saturated rings. The molecule has 1 aromatic rings. The van der Waals surface area contributed by atoms with Gasteiger partial charge in [-0.15, -0.1) is 0 Å². The second-order valence-electron chi connectivity index (χ2n) is 9.31. The fourth-order valence-electron chi connectivity index (χ4n) is 2.48. The van der Waals surface area contributed by atoms with Crippen LogP contribution in [-0.4, -0.2) is 5.11 Å². The molecule has 0 aliphatic rings. The van der Waals surface area contributed by atoms with E-state index in [1.54, 1.807) is 0 Å². The molecule has 0 aromatic heterocycles. The first-order chi connectivity index (χ1) is 9.15. The first kappa shape index (κ1) is 18.0. The van der Waals surface area contributed by atoms with Gasteiger partial charge in [0.05, 0.1) is 0 Å². The zero-order valence-electron chi connectivity index (χ0n) is 15.3. The molecule has 0 amide bonds. The third-order valence-electron chi connectivity index (χ3n) is 4.04. The quantitative estimate of drug-likeness (QED) is 0.762. The number of hydrogen-bond donors (Lipinski definition) is 2. The Morgan fingerprint density at radius 3 is 1.38 bits per heavy atom. The van der Waals surface area contributed by atoms with Gasteiger partial charge in [0.2, 0.25) is 0 Å². The Morgan fingerprint density at radius 1 is 0.810 bits per heavy atom. The maximum atomic E-state index is 10.7. The van der Waals surface area contributed by atoms with Crippen molar-refractivity contribution >= 4 is 0 Å². The van der Waals surface area contributed by atoms with Gasteiger partial charge in [0.25, 0.3) is 0 Å². The van der Waals surface area contributed by atoms with Gasteiger partial charge in [-0.05, 0) is 45.1 Å². The largest absolute Gasteiger partial charge is 0.507 e. The van der Waals surface area contributed by atoms with E-state index >= 15 is 0 Å². The lowest BCUT2D eigenvalue weighted by molar-refractivity contribution is 0.325. The summed E-state index contributed by atoms with van der Waals surface area (Å²) in [6, 6.07) is 4.11. The van der Waals surface area contributed by atoms with E-state index in [4.69, 9.17) is 5.73 Å². The summed E-state index contributed by atoms with van der Waals surface area (Å²) in [4.78, 5) is 0. The minimum absolute atomic E-state index is 0.0126. The van der Waals surface area contributed by atoms with Crippen LogP contribution < -0.4 is 5.73 Å². The number of aromatic hydroxyl groups is 1. The highest BCUT2D eigenvalue weighted by Crippen LogP contribution is 2.42. The van der Waals surface area contributed by atoms with Gasteiger partial charge in [-0.3, -0.25) is 0 Å². The maximum Gasteiger partial charge on any atom is 0.123 e. The normalized spacial score (nSPS) is 15.1. The molecular weight excluding hydrogens is 258 g/mol. The summed E-state index contributed by atoms with van der Waals surface area (Å²) in [6.07, 6.45) is 0. The molecule has 21 heavy (non-hydrogen) atoms. The van der Waals surface area contributed by atoms with Gasteiger partial charge in [-0.2, -0.15) is 0 Å². The minimum Gasteiger partial charge on any atom is -0.507 e. The van der Waals surface area contributed by atoms with Crippen molar-refractivity contribution in [1.82, 2.24) is 0 Å².